The van der Waals surface area contributed by atoms with Crippen molar-refractivity contribution in [2.24, 2.45) is 5.73 Å². The summed E-state index contributed by atoms with van der Waals surface area (Å²) < 4.78 is 5.21. The zero-order valence-corrected chi connectivity index (χ0v) is 11.9. The summed E-state index contributed by atoms with van der Waals surface area (Å²) in [6.45, 7) is 2.02. The van der Waals surface area contributed by atoms with Crippen LogP contribution in [0, 0.1) is 6.92 Å². The van der Waals surface area contributed by atoms with E-state index < -0.39 is 0 Å². The molecule has 0 radical (unpaired) electrons. The van der Waals surface area contributed by atoms with Gasteiger partial charge in [0.05, 0.1) is 7.11 Å². The monoisotopic (exact) mass is 275 g/mol. The average Bonchev–Trinajstić information content (AvgIpc) is 2.38. The highest BCUT2D eigenvalue weighted by molar-refractivity contribution is 6.31. The quantitative estimate of drug-likeness (QED) is 0.918. The van der Waals surface area contributed by atoms with Gasteiger partial charge in [-0.2, -0.15) is 0 Å². The van der Waals surface area contributed by atoms with Gasteiger partial charge in [-0.25, -0.2) is 0 Å². The molecule has 0 aliphatic heterocycles. The Balaban J connectivity index is 2.17. The first-order valence-electron chi connectivity index (χ1n) is 6.24. The second-order valence-electron chi connectivity index (χ2n) is 4.69. The SMILES string of the molecule is COc1cccc(CC(N)c2ccc(C)cc2Cl)c1. The smallest absolute Gasteiger partial charge is 0.119 e. The van der Waals surface area contributed by atoms with Gasteiger partial charge in [0.15, 0.2) is 0 Å². The summed E-state index contributed by atoms with van der Waals surface area (Å²) in [5.41, 5.74) is 9.51. The van der Waals surface area contributed by atoms with E-state index in [1.54, 1.807) is 7.11 Å². The van der Waals surface area contributed by atoms with Crippen LogP contribution in [0.25, 0.3) is 0 Å². The Hall–Kier alpha value is -1.51. The van der Waals surface area contributed by atoms with E-state index in [4.69, 9.17) is 22.1 Å². The highest BCUT2D eigenvalue weighted by Crippen LogP contribution is 2.26. The molecule has 0 aliphatic carbocycles. The van der Waals surface area contributed by atoms with Crippen LogP contribution in [-0.2, 0) is 6.42 Å². The zero-order chi connectivity index (χ0) is 13.8. The molecule has 2 aromatic rings. The van der Waals surface area contributed by atoms with E-state index >= 15 is 0 Å². The average molecular weight is 276 g/mol. The van der Waals surface area contributed by atoms with Gasteiger partial charge in [-0.1, -0.05) is 35.9 Å². The van der Waals surface area contributed by atoms with Crippen LogP contribution in [0.2, 0.25) is 5.02 Å². The molecule has 2 rings (SSSR count). The van der Waals surface area contributed by atoms with Gasteiger partial charge in [0.1, 0.15) is 5.75 Å². The number of hydrogen-bond acceptors (Lipinski definition) is 2. The molecule has 0 heterocycles. The predicted molar refractivity (Wildman–Crippen MR) is 79.8 cm³/mol. The maximum atomic E-state index is 6.24. The molecule has 19 heavy (non-hydrogen) atoms. The molecule has 2 nitrogen and oxygen atoms in total. The van der Waals surface area contributed by atoms with Crippen molar-refractivity contribution in [3.8, 4) is 5.75 Å². The third-order valence-corrected chi connectivity index (χ3v) is 3.47. The Morgan fingerprint density at radius 3 is 2.68 bits per heavy atom. The van der Waals surface area contributed by atoms with Gasteiger partial charge >= 0.3 is 0 Å². The van der Waals surface area contributed by atoms with Crippen molar-refractivity contribution in [2.45, 2.75) is 19.4 Å². The summed E-state index contributed by atoms with van der Waals surface area (Å²) in [6, 6.07) is 13.8. The zero-order valence-electron chi connectivity index (χ0n) is 11.2. The molecule has 0 amide bonds. The second-order valence-corrected chi connectivity index (χ2v) is 5.09. The van der Waals surface area contributed by atoms with Gasteiger partial charge in [0.25, 0.3) is 0 Å². The fourth-order valence-corrected chi connectivity index (χ4v) is 2.47. The molecule has 1 atom stereocenters. The van der Waals surface area contributed by atoms with Crippen LogP contribution >= 0.6 is 11.6 Å². The van der Waals surface area contributed by atoms with E-state index in [0.29, 0.717) is 0 Å². The molecule has 100 valence electrons. The first-order valence-corrected chi connectivity index (χ1v) is 6.62. The first-order chi connectivity index (χ1) is 9.10. The lowest BCUT2D eigenvalue weighted by molar-refractivity contribution is 0.414. The maximum Gasteiger partial charge on any atom is 0.119 e. The Labute approximate surface area is 119 Å². The number of rotatable bonds is 4. The first kappa shape index (κ1) is 13.9. The Morgan fingerprint density at radius 2 is 2.00 bits per heavy atom. The van der Waals surface area contributed by atoms with Crippen LogP contribution in [-0.4, -0.2) is 7.11 Å². The summed E-state index contributed by atoms with van der Waals surface area (Å²) >= 11 is 6.24. The highest BCUT2D eigenvalue weighted by atomic mass is 35.5. The summed E-state index contributed by atoms with van der Waals surface area (Å²) in [7, 11) is 1.66. The lowest BCUT2D eigenvalue weighted by Gasteiger charge is -2.15. The molecule has 3 heteroatoms. The lowest BCUT2D eigenvalue weighted by atomic mass is 9.98. The number of aryl methyl sites for hydroxylation is 1. The molecule has 0 saturated heterocycles. The standard InChI is InChI=1S/C16H18ClNO/c1-11-6-7-14(15(17)8-11)16(18)10-12-4-3-5-13(9-12)19-2/h3-9,16H,10,18H2,1-2H3. The van der Waals surface area contributed by atoms with Crippen molar-refractivity contribution in [3.63, 3.8) is 0 Å². The summed E-state index contributed by atoms with van der Waals surface area (Å²) in [5.74, 6) is 0.847. The Morgan fingerprint density at radius 1 is 1.21 bits per heavy atom. The van der Waals surface area contributed by atoms with E-state index in [1.807, 2.05) is 49.4 Å². The summed E-state index contributed by atoms with van der Waals surface area (Å²) in [6.07, 6.45) is 0.736. The minimum atomic E-state index is -0.111. The minimum absolute atomic E-state index is 0.111. The fraction of sp³-hybridized carbons (Fsp3) is 0.250. The number of nitrogens with two attached hydrogens (primary N) is 1. The maximum absolute atomic E-state index is 6.24. The van der Waals surface area contributed by atoms with E-state index in [9.17, 15) is 0 Å². The molecular weight excluding hydrogens is 258 g/mol. The topological polar surface area (TPSA) is 35.2 Å². The summed E-state index contributed by atoms with van der Waals surface area (Å²) in [4.78, 5) is 0. The molecular formula is C16H18ClNO. The summed E-state index contributed by atoms with van der Waals surface area (Å²) in [5, 5.41) is 0.732. The van der Waals surface area contributed by atoms with Crippen molar-refractivity contribution in [3.05, 3.63) is 64.2 Å². The van der Waals surface area contributed by atoms with Crippen molar-refractivity contribution in [2.75, 3.05) is 7.11 Å². The molecule has 0 fully saturated rings. The third-order valence-electron chi connectivity index (χ3n) is 3.15. The minimum Gasteiger partial charge on any atom is -0.497 e. The number of benzene rings is 2. The molecule has 2 aromatic carbocycles. The van der Waals surface area contributed by atoms with Gasteiger partial charge < -0.3 is 10.5 Å². The van der Waals surface area contributed by atoms with Crippen LogP contribution in [0.4, 0.5) is 0 Å². The fourth-order valence-electron chi connectivity index (χ4n) is 2.10. The lowest BCUT2D eigenvalue weighted by Crippen LogP contribution is -2.14. The highest BCUT2D eigenvalue weighted by Gasteiger charge is 2.11. The van der Waals surface area contributed by atoms with E-state index in [0.717, 1.165) is 33.9 Å². The van der Waals surface area contributed by atoms with Crippen LogP contribution in [0.15, 0.2) is 42.5 Å². The van der Waals surface area contributed by atoms with Crippen molar-refractivity contribution < 1.29 is 4.74 Å². The Kier molecular flexibility index (Phi) is 4.46. The number of hydrogen-bond donors (Lipinski definition) is 1. The molecule has 2 N–H and O–H groups in total. The van der Waals surface area contributed by atoms with Crippen molar-refractivity contribution in [1.82, 2.24) is 0 Å². The van der Waals surface area contributed by atoms with Gasteiger partial charge in [-0.15, -0.1) is 0 Å². The molecule has 0 bridgehead atoms. The third kappa shape index (κ3) is 3.49. The molecule has 0 saturated carbocycles. The van der Waals surface area contributed by atoms with Gasteiger partial charge in [-0.3, -0.25) is 0 Å². The Bertz CT molecular complexity index is 568. The van der Waals surface area contributed by atoms with Gasteiger partial charge in [-0.05, 0) is 48.2 Å². The molecule has 0 aromatic heterocycles. The number of ether oxygens (including phenoxy) is 1. The molecule has 0 aliphatic rings. The molecule has 0 spiro atoms. The largest absolute Gasteiger partial charge is 0.497 e. The number of methoxy groups -OCH3 is 1. The van der Waals surface area contributed by atoms with Crippen LogP contribution < -0.4 is 10.5 Å². The second kappa shape index (κ2) is 6.09. The molecule has 1 unspecified atom stereocenters. The van der Waals surface area contributed by atoms with Crippen molar-refractivity contribution in [1.29, 1.82) is 0 Å². The van der Waals surface area contributed by atoms with Crippen molar-refractivity contribution >= 4 is 11.6 Å². The van der Waals surface area contributed by atoms with Gasteiger partial charge in [0.2, 0.25) is 0 Å². The van der Waals surface area contributed by atoms with E-state index in [1.165, 1.54) is 0 Å². The number of halogens is 1. The normalized spacial score (nSPS) is 12.2. The predicted octanol–water partition coefficient (Wildman–Crippen LogP) is 3.90. The van der Waals surface area contributed by atoms with Crippen LogP contribution in [0.3, 0.4) is 0 Å². The van der Waals surface area contributed by atoms with Crippen LogP contribution in [0.5, 0.6) is 5.75 Å². The van der Waals surface area contributed by atoms with E-state index in [-0.39, 0.29) is 6.04 Å². The van der Waals surface area contributed by atoms with Crippen LogP contribution in [0.1, 0.15) is 22.7 Å². The van der Waals surface area contributed by atoms with E-state index in [2.05, 4.69) is 0 Å². The van der Waals surface area contributed by atoms with Gasteiger partial charge in [0, 0.05) is 11.1 Å².